The molecule has 0 aromatic rings. The summed E-state index contributed by atoms with van der Waals surface area (Å²) in [5.74, 6) is -0.909. The molecule has 8 nitrogen and oxygen atoms in total. The van der Waals surface area contributed by atoms with Crippen LogP contribution in [0.4, 0.5) is 0 Å². The summed E-state index contributed by atoms with van der Waals surface area (Å²) in [6.45, 7) is 3.43. The predicted octanol–water partition coefficient (Wildman–Crippen LogP) is 9.84. The third-order valence-corrected chi connectivity index (χ3v) is 7.71. The van der Waals surface area contributed by atoms with Crippen LogP contribution in [0.2, 0.25) is 0 Å². The minimum Gasteiger partial charge on any atom is -0.462 e. The zero-order chi connectivity index (χ0) is 32.6. The number of rotatable bonds is 31. The molecule has 0 fully saturated rings. The summed E-state index contributed by atoms with van der Waals surface area (Å²) in [7, 11) is -4.75. The summed E-state index contributed by atoms with van der Waals surface area (Å²) in [6, 6.07) is 0. The van der Waals surface area contributed by atoms with Crippen molar-refractivity contribution in [2.24, 2.45) is 0 Å². The Morgan fingerprint density at radius 2 is 1.11 bits per heavy atom. The van der Waals surface area contributed by atoms with Crippen LogP contribution >= 0.6 is 7.82 Å². The second-order valence-corrected chi connectivity index (χ2v) is 12.7. The molecule has 0 saturated carbocycles. The van der Waals surface area contributed by atoms with Crippen LogP contribution in [-0.2, 0) is 28.2 Å². The first kappa shape index (κ1) is 42.3. The van der Waals surface area contributed by atoms with Crippen LogP contribution in [0, 0.1) is 0 Å². The molecule has 0 radical (unpaired) electrons. The van der Waals surface area contributed by atoms with Gasteiger partial charge in [-0.3, -0.25) is 14.1 Å². The number of carbonyl (C=O) groups is 2. The molecule has 0 unspecified atom stereocenters. The Morgan fingerprint density at radius 3 is 1.64 bits per heavy atom. The molecule has 0 bridgehead atoms. The highest BCUT2D eigenvalue weighted by Crippen LogP contribution is 2.35. The summed E-state index contributed by atoms with van der Waals surface area (Å²) >= 11 is 0. The molecular weight excluding hydrogens is 579 g/mol. The van der Waals surface area contributed by atoms with Crippen molar-refractivity contribution in [3.8, 4) is 0 Å². The average molecular weight is 643 g/mol. The monoisotopic (exact) mass is 642 g/mol. The molecule has 0 aromatic carbocycles. The van der Waals surface area contributed by atoms with Gasteiger partial charge in [0.1, 0.15) is 6.61 Å². The summed E-state index contributed by atoms with van der Waals surface area (Å²) in [5, 5.41) is 0. The third-order valence-electron chi connectivity index (χ3n) is 7.23. The summed E-state index contributed by atoms with van der Waals surface area (Å²) in [6.07, 6.45) is 34.5. The van der Waals surface area contributed by atoms with Crippen molar-refractivity contribution in [1.82, 2.24) is 0 Å². The van der Waals surface area contributed by atoms with E-state index in [-0.39, 0.29) is 19.4 Å². The molecule has 0 heterocycles. The number of unbranched alkanes of at least 4 members (excludes halogenated alkanes) is 16. The molecule has 0 aliphatic heterocycles. The highest BCUT2D eigenvalue weighted by molar-refractivity contribution is 7.46. The Bertz CT molecular complexity index is 818. The molecule has 0 aliphatic carbocycles. The highest BCUT2D eigenvalue weighted by atomic mass is 31.2. The van der Waals surface area contributed by atoms with Crippen molar-refractivity contribution in [2.45, 2.75) is 161 Å². The van der Waals surface area contributed by atoms with Crippen LogP contribution in [0.25, 0.3) is 0 Å². The van der Waals surface area contributed by atoms with E-state index in [1.807, 2.05) is 6.92 Å². The fraction of sp³-hybridized carbons (Fsp3) is 0.771. The SMILES string of the molecule is C/C=C/CCCCCCCCCCC(=O)O[C@H](COC(=O)CCCCCCC/C=C/C/C=C\CCCCC)COP(=O)(O)O. The molecule has 0 aromatic heterocycles. The number of hydrogen-bond donors (Lipinski definition) is 2. The van der Waals surface area contributed by atoms with E-state index in [0.29, 0.717) is 12.8 Å². The van der Waals surface area contributed by atoms with Crippen molar-refractivity contribution in [3.05, 3.63) is 36.5 Å². The van der Waals surface area contributed by atoms with E-state index in [9.17, 15) is 14.2 Å². The Morgan fingerprint density at radius 1 is 0.636 bits per heavy atom. The lowest BCUT2D eigenvalue weighted by molar-refractivity contribution is -0.161. The van der Waals surface area contributed by atoms with Gasteiger partial charge in [-0.1, -0.05) is 114 Å². The van der Waals surface area contributed by atoms with Crippen LogP contribution in [0.15, 0.2) is 36.5 Å². The number of phosphoric acid groups is 1. The van der Waals surface area contributed by atoms with Gasteiger partial charge in [0.15, 0.2) is 6.10 Å². The van der Waals surface area contributed by atoms with Gasteiger partial charge in [-0.25, -0.2) is 4.57 Å². The van der Waals surface area contributed by atoms with E-state index in [2.05, 4.69) is 47.9 Å². The average Bonchev–Trinajstić information content (AvgIpc) is 2.98. The van der Waals surface area contributed by atoms with Crippen molar-refractivity contribution in [1.29, 1.82) is 0 Å². The summed E-state index contributed by atoms with van der Waals surface area (Å²) in [4.78, 5) is 42.5. The molecule has 1 atom stereocenters. The number of ether oxygens (including phenoxy) is 2. The maximum absolute atomic E-state index is 12.3. The molecule has 0 amide bonds. The van der Waals surface area contributed by atoms with Gasteiger partial charge in [-0.15, -0.1) is 0 Å². The van der Waals surface area contributed by atoms with Crippen molar-refractivity contribution < 1.29 is 37.9 Å². The van der Waals surface area contributed by atoms with Gasteiger partial charge >= 0.3 is 19.8 Å². The summed E-state index contributed by atoms with van der Waals surface area (Å²) < 4.78 is 26.2. The fourth-order valence-corrected chi connectivity index (χ4v) is 5.00. The van der Waals surface area contributed by atoms with E-state index in [1.54, 1.807) is 0 Å². The number of phosphoric ester groups is 1. The molecule has 2 N–H and O–H groups in total. The second kappa shape index (κ2) is 31.3. The minimum atomic E-state index is -4.75. The standard InChI is InChI=1S/C35H63O8P/c1-3-5-7-9-11-13-15-16-17-18-20-21-23-25-27-29-34(36)41-31-33(32-42-44(38,39)40)43-35(37)30-28-26-24-22-19-14-12-10-8-6-4-2/h4,6,11,13,16-17,33H,3,5,7-10,12,14-15,18-32H2,1-2H3,(H2,38,39,40)/b6-4+,13-11-,17-16+/t33-/m1/s1. The predicted molar refractivity (Wildman–Crippen MR) is 179 cm³/mol. The first-order chi connectivity index (χ1) is 21.3. The summed E-state index contributed by atoms with van der Waals surface area (Å²) in [5.41, 5.74) is 0. The molecule has 0 spiro atoms. The maximum Gasteiger partial charge on any atom is 0.469 e. The van der Waals surface area contributed by atoms with Gasteiger partial charge < -0.3 is 19.3 Å². The molecule has 9 heteroatoms. The number of esters is 2. The smallest absolute Gasteiger partial charge is 0.462 e. The molecule has 0 rings (SSSR count). The van der Waals surface area contributed by atoms with E-state index < -0.39 is 32.5 Å². The zero-order valence-electron chi connectivity index (χ0n) is 27.8. The zero-order valence-corrected chi connectivity index (χ0v) is 28.7. The van der Waals surface area contributed by atoms with Gasteiger partial charge in [-0.05, 0) is 64.7 Å². The Labute approximate surface area is 268 Å². The lowest BCUT2D eigenvalue weighted by atomic mass is 10.1. The Kier molecular flexibility index (Phi) is 30.0. The van der Waals surface area contributed by atoms with Gasteiger partial charge in [0.25, 0.3) is 0 Å². The molecule has 44 heavy (non-hydrogen) atoms. The van der Waals surface area contributed by atoms with Crippen LogP contribution in [-0.4, -0.2) is 41.0 Å². The number of allylic oxidation sites excluding steroid dienone is 6. The maximum atomic E-state index is 12.3. The van der Waals surface area contributed by atoms with Crippen LogP contribution in [0.1, 0.15) is 155 Å². The van der Waals surface area contributed by atoms with E-state index in [1.165, 1.54) is 51.4 Å². The van der Waals surface area contributed by atoms with E-state index in [0.717, 1.165) is 64.2 Å². The number of carbonyl (C=O) groups excluding carboxylic acids is 2. The Balaban J connectivity index is 4.02. The van der Waals surface area contributed by atoms with Crippen molar-refractivity contribution in [2.75, 3.05) is 13.2 Å². The molecule has 0 saturated heterocycles. The first-order valence-electron chi connectivity index (χ1n) is 17.2. The topological polar surface area (TPSA) is 119 Å². The molecule has 0 aliphatic rings. The van der Waals surface area contributed by atoms with Gasteiger partial charge in [0, 0.05) is 12.8 Å². The molecular formula is C35H63O8P. The normalized spacial score (nSPS) is 12.9. The second-order valence-electron chi connectivity index (χ2n) is 11.5. The van der Waals surface area contributed by atoms with Crippen molar-refractivity contribution in [3.63, 3.8) is 0 Å². The third kappa shape index (κ3) is 33.2. The first-order valence-corrected chi connectivity index (χ1v) is 18.8. The van der Waals surface area contributed by atoms with Crippen LogP contribution < -0.4 is 0 Å². The van der Waals surface area contributed by atoms with Gasteiger partial charge in [0.2, 0.25) is 0 Å². The van der Waals surface area contributed by atoms with Crippen LogP contribution in [0.5, 0.6) is 0 Å². The molecule has 256 valence electrons. The highest BCUT2D eigenvalue weighted by Gasteiger charge is 2.22. The lowest BCUT2D eigenvalue weighted by Crippen LogP contribution is -2.29. The van der Waals surface area contributed by atoms with Gasteiger partial charge in [0.05, 0.1) is 6.61 Å². The fourth-order valence-electron chi connectivity index (χ4n) is 4.64. The van der Waals surface area contributed by atoms with Crippen LogP contribution in [0.3, 0.4) is 0 Å². The Hall–Kier alpha value is -1.73. The number of hydrogen-bond acceptors (Lipinski definition) is 6. The quantitative estimate of drug-likeness (QED) is 0.0332. The van der Waals surface area contributed by atoms with Crippen molar-refractivity contribution >= 4 is 19.8 Å². The van der Waals surface area contributed by atoms with E-state index in [4.69, 9.17) is 19.3 Å². The van der Waals surface area contributed by atoms with E-state index >= 15 is 0 Å². The minimum absolute atomic E-state index is 0.204. The van der Waals surface area contributed by atoms with Gasteiger partial charge in [-0.2, -0.15) is 0 Å². The largest absolute Gasteiger partial charge is 0.469 e. The lowest BCUT2D eigenvalue weighted by Gasteiger charge is -2.18.